The minimum atomic E-state index is -0.733. The Morgan fingerprint density at radius 1 is 0.939 bits per heavy atom. The fourth-order valence-corrected chi connectivity index (χ4v) is 3.39. The number of aromatic nitrogens is 3. The third kappa shape index (κ3) is 4.06. The number of nitrogens with zero attached hydrogens (tertiary/aromatic N) is 3. The van der Waals surface area contributed by atoms with Gasteiger partial charge in [-0.1, -0.05) is 35.5 Å². The lowest BCUT2D eigenvalue weighted by atomic mass is 10.1. The quantitative estimate of drug-likeness (QED) is 0.320. The van der Waals surface area contributed by atoms with Crippen LogP contribution in [0.1, 0.15) is 29.3 Å². The summed E-state index contributed by atoms with van der Waals surface area (Å²) >= 11 is 0. The minimum absolute atomic E-state index is 0.199. The highest BCUT2D eigenvalue weighted by Gasteiger charge is 2.21. The van der Waals surface area contributed by atoms with E-state index in [4.69, 9.17) is 18.4 Å². The third-order valence-electron chi connectivity index (χ3n) is 5.16. The second kappa shape index (κ2) is 8.58. The smallest absolute Gasteiger partial charge is 0.338 e. The third-order valence-corrected chi connectivity index (χ3v) is 5.16. The van der Waals surface area contributed by atoms with Crippen LogP contribution in [0.2, 0.25) is 0 Å². The van der Waals surface area contributed by atoms with Crippen molar-refractivity contribution >= 4 is 16.9 Å². The van der Waals surface area contributed by atoms with Gasteiger partial charge in [0.25, 0.3) is 5.89 Å². The van der Waals surface area contributed by atoms with Crippen LogP contribution in [0.5, 0.6) is 5.75 Å². The van der Waals surface area contributed by atoms with E-state index >= 15 is 0 Å². The van der Waals surface area contributed by atoms with Crippen molar-refractivity contribution in [2.45, 2.75) is 13.0 Å². The molecule has 2 heterocycles. The van der Waals surface area contributed by atoms with Crippen LogP contribution < -0.4 is 4.74 Å². The average molecular weight is 441 g/mol. The molecule has 0 radical (unpaired) electrons. The summed E-state index contributed by atoms with van der Waals surface area (Å²) in [6.07, 6.45) is -0.733. The predicted octanol–water partition coefficient (Wildman–Crippen LogP) is 5.47. The molecule has 0 fully saturated rings. The Bertz CT molecular complexity index is 1410. The first kappa shape index (κ1) is 20.4. The predicted molar refractivity (Wildman–Crippen MR) is 120 cm³/mol. The Balaban J connectivity index is 1.34. The molecule has 0 aliphatic carbocycles. The van der Waals surface area contributed by atoms with Crippen molar-refractivity contribution in [2.75, 3.05) is 7.11 Å². The van der Waals surface area contributed by atoms with Crippen molar-refractivity contribution in [3.8, 4) is 28.5 Å². The van der Waals surface area contributed by atoms with Gasteiger partial charge in [-0.25, -0.2) is 4.79 Å². The van der Waals surface area contributed by atoms with Crippen LogP contribution in [0.4, 0.5) is 0 Å². The van der Waals surface area contributed by atoms with Gasteiger partial charge in [-0.15, -0.1) is 10.2 Å². The van der Waals surface area contributed by atoms with E-state index < -0.39 is 12.1 Å². The van der Waals surface area contributed by atoms with Gasteiger partial charge in [-0.3, -0.25) is 0 Å². The summed E-state index contributed by atoms with van der Waals surface area (Å²) in [5.41, 5.74) is 2.62. The van der Waals surface area contributed by atoms with E-state index in [0.29, 0.717) is 22.7 Å². The van der Waals surface area contributed by atoms with Crippen molar-refractivity contribution in [1.29, 1.82) is 0 Å². The van der Waals surface area contributed by atoms with Gasteiger partial charge >= 0.3 is 5.97 Å². The topological polar surface area (TPSA) is 100 Å². The van der Waals surface area contributed by atoms with Crippen LogP contribution >= 0.6 is 0 Å². The summed E-state index contributed by atoms with van der Waals surface area (Å²) in [5, 5.41) is 12.9. The standard InChI is InChI=1S/C25H19N3O5/c1-15(23-26-27-24(32-23)17-8-11-19(30-2)12-9-17)31-25(29)18-10-13-21-20(14-18)22(33-28-21)16-6-4-3-5-7-16/h3-15H,1-2H3. The lowest BCUT2D eigenvalue weighted by Crippen LogP contribution is -2.09. The lowest BCUT2D eigenvalue weighted by Gasteiger charge is -2.09. The molecule has 1 unspecified atom stereocenters. The molecule has 8 nitrogen and oxygen atoms in total. The molecule has 0 saturated heterocycles. The number of carbonyl (C=O) groups excluding carboxylic acids is 1. The van der Waals surface area contributed by atoms with Crippen molar-refractivity contribution in [1.82, 2.24) is 15.4 Å². The van der Waals surface area contributed by atoms with Gasteiger partial charge in [0.1, 0.15) is 11.3 Å². The summed E-state index contributed by atoms with van der Waals surface area (Å²) in [6.45, 7) is 1.68. The van der Waals surface area contributed by atoms with Gasteiger partial charge in [0.05, 0.1) is 18.1 Å². The molecule has 0 aliphatic heterocycles. The molecule has 33 heavy (non-hydrogen) atoms. The van der Waals surface area contributed by atoms with E-state index in [1.54, 1.807) is 44.4 Å². The number of rotatable bonds is 6. The maximum Gasteiger partial charge on any atom is 0.338 e. The molecule has 1 atom stereocenters. The van der Waals surface area contributed by atoms with Crippen molar-refractivity contribution in [3.05, 3.63) is 84.3 Å². The van der Waals surface area contributed by atoms with Crippen LogP contribution in [0.15, 0.2) is 81.7 Å². The van der Waals surface area contributed by atoms with E-state index in [2.05, 4.69) is 15.4 Å². The Hall–Kier alpha value is -4.46. The van der Waals surface area contributed by atoms with Crippen molar-refractivity contribution in [3.63, 3.8) is 0 Å². The number of esters is 1. The van der Waals surface area contributed by atoms with Crippen LogP contribution in [-0.4, -0.2) is 28.4 Å². The zero-order valence-electron chi connectivity index (χ0n) is 17.9. The highest BCUT2D eigenvalue weighted by Crippen LogP contribution is 2.30. The van der Waals surface area contributed by atoms with Crippen LogP contribution in [0.25, 0.3) is 33.7 Å². The Labute approximate surface area is 188 Å². The van der Waals surface area contributed by atoms with E-state index in [0.717, 1.165) is 22.3 Å². The van der Waals surface area contributed by atoms with E-state index in [1.165, 1.54) is 0 Å². The summed E-state index contributed by atoms with van der Waals surface area (Å²) in [4.78, 5) is 12.8. The van der Waals surface area contributed by atoms with E-state index in [-0.39, 0.29) is 5.89 Å². The molecule has 2 aromatic heterocycles. The molecule has 0 bridgehead atoms. The zero-order valence-corrected chi connectivity index (χ0v) is 17.9. The molecule has 0 spiro atoms. The molecule has 0 N–H and O–H groups in total. The van der Waals surface area contributed by atoms with Gasteiger partial charge in [-0.2, -0.15) is 0 Å². The first-order chi connectivity index (χ1) is 16.1. The zero-order chi connectivity index (χ0) is 22.8. The maximum absolute atomic E-state index is 12.8. The number of methoxy groups -OCH3 is 1. The van der Waals surface area contributed by atoms with Gasteiger partial charge in [0, 0.05) is 11.1 Å². The van der Waals surface area contributed by atoms with Crippen molar-refractivity contribution < 1.29 is 23.2 Å². The monoisotopic (exact) mass is 441 g/mol. The largest absolute Gasteiger partial charge is 0.497 e. The number of carbonyl (C=O) groups is 1. The number of hydrogen-bond acceptors (Lipinski definition) is 8. The highest BCUT2D eigenvalue weighted by atomic mass is 16.6. The molecule has 0 amide bonds. The maximum atomic E-state index is 12.8. The Kier molecular flexibility index (Phi) is 5.32. The fraction of sp³-hybridized carbons (Fsp3) is 0.120. The van der Waals surface area contributed by atoms with Gasteiger partial charge < -0.3 is 18.4 Å². The summed E-state index contributed by atoms with van der Waals surface area (Å²) in [5.74, 6) is 1.32. The SMILES string of the molecule is COc1ccc(-c2nnc(C(C)OC(=O)c3ccc4noc(-c5ccccc5)c4c3)o2)cc1. The summed E-state index contributed by atoms with van der Waals surface area (Å²) < 4.78 is 21.9. The van der Waals surface area contributed by atoms with E-state index in [1.807, 2.05) is 42.5 Å². The molecule has 5 aromatic rings. The number of benzene rings is 3. The number of fused-ring (bicyclic) bond motifs is 1. The summed E-state index contributed by atoms with van der Waals surface area (Å²) in [7, 11) is 1.60. The molecule has 164 valence electrons. The second-order valence-corrected chi connectivity index (χ2v) is 7.33. The first-order valence-corrected chi connectivity index (χ1v) is 10.3. The highest BCUT2D eigenvalue weighted by molar-refractivity contribution is 5.98. The molecule has 5 rings (SSSR count). The summed E-state index contributed by atoms with van der Waals surface area (Å²) in [6, 6.07) is 21.9. The second-order valence-electron chi connectivity index (χ2n) is 7.33. The van der Waals surface area contributed by atoms with Crippen LogP contribution in [0.3, 0.4) is 0 Å². The number of hydrogen-bond donors (Lipinski definition) is 0. The Morgan fingerprint density at radius 3 is 2.48 bits per heavy atom. The Morgan fingerprint density at radius 2 is 1.73 bits per heavy atom. The lowest BCUT2D eigenvalue weighted by molar-refractivity contribution is 0.0280. The number of ether oxygens (including phenoxy) is 2. The van der Waals surface area contributed by atoms with E-state index in [9.17, 15) is 4.79 Å². The van der Waals surface area contributed by atoms with Gasteiger partial charge in [-0.05, 0) is 49.4 Å². The minimum Gasteiger partial charge on any atom is -0.497 e. The normalized spacial score (nSPS) is 11.9. The molecular weight excluding hydrogens is 422 g/mol. The molecule has 8 heteroatoms. The average Bonchev–Trinajstić information content (AvgIpc) is 3.52. The van der Waals surface area contributed by atoms with Gasteiger partial charge in [0.2, 0.25) is 5.89 Å². The molecule has 0 saturated carbocycles. The fourth-order valence-electron chi connectivity index (χ4n) is 3.39. The van der Waals surface area contributed by atoms with Crippen molar-refractivity contribution in [2.24, 2.45) is 0 Å². The van der Waals surface area contributed by atoms with Crippen LogP contribution in [0, 0.1) is 0 Å². The van der Waals surface area contributed by atoms with Crippen LogP contribution in [-0.2, 0) is 4.74 Å². The molecule has 0 aliphatic rings. The molecular formula is C25H19N3O5. The first-order valence-electron chi connectivity index (χ1n) is 10.3. The molecule has 3 aromatic carbocycles. The van der Waals surface area contributed by atoms with Gasteiger partial charge in [0.15, 0.2) is 11.9 Å².